The number of aliphatic hydroxyl groups excluding tert-OH is 1. The van der Waals surface area contributed by atoms with Gasteiger partial charge in [-0.15, -0.1) is 11.6 Å². The molecule has 0 bridgehead atoms. The number of ketones is 1. The van der Waals surface area contributed by atoms with Crippen molar-refractivity contribution in [3.8, 4) is 0 Å². The third-order valence-electron chi connectivity index (χ3n) is 3.22. The smallest absolute Gasteiger partial charge is 0.155 e. The number of aliphatic hydroxyl groups is 1. The molecule has 0 saturated carbocycles. The van der Waals surface area contributed by atoms with Crippen molar-refractivity contribution in [1.82, 2.24) is 0 Å². The van der Waals surface area contributed by atoms with Crippen molar-refractivity contribution in [2.24, 2.45) is 0 Å². The fourth-order valence-corrected chi connectivity index (χ4v) is 3.09. The first-order valence-electron chi connectivity index (χ1n) is 7.37. The van der Waals surface area contributed by atoms with Gasteiger partial charge in [0.15, 0.2) is 5.78 Å². The van der Waals surface area contributed by atoms with Crippen LogP contribution in [-0.4, -0.2) is 22.4 Å². The summed E-state index contributed by atoms with van der Waals surface area (Å²) in [6, 6.07) is 9.99. The van der Waals surface area contributed by atoms with Gasteiger partial charge < -0.3 is 5.11 Å². The number of allylic oxidation sites excluding steroid dienone is 2. The summed E-state index contributed by atoms with van der Waals surface area (Å²) in [5, 5.41) is 9.83. The van der Waals surface area contributed by atoms with E-state index in [1.165, 1.54) is 11.6 Å². The fraction of sp³-hybridized carbons (Fsp3) is 0.389. The molecule has 0 aliphatic rings. The van der Waals surface area contributed by atoms with Crippen molar-refractivity contribution < 1.29 is 9.90 Å². The standard InChI is InChI=1S/C18H22ClIO2/c1-14(20)13-16(19)8-10-18(22)12-11-17(21)9-7-15-5-3-2-4-6-15/h2-6,11-12,16-17,21H,1,7-10,13H2/b12-11+/t16-,17?/m1/s1. The van der Waals surface area contributed by atoms with Crippen molar-refractivity contribution in [1.29, 1.82) is 0 Å². The van der Waals surface area contributed by atoms with Gasteiger partial charge in [0.25, 0.3) is 0 Å². The predicted molar refractivity (Wildman–Crippen MR) is 102 cm³/mol. The number of alkyl halides is 1. The molecular formula is C18H22ClIO2. The molecule has 2 atom stereocenters. The van der Waals surface area contributed by atoms with Gasteiger partial charge in [-0.1, -0.05) is 43.0 Å². The van der Waals surface area contributed by atoms with Crippen molar-refractivity contribution in [3.05, 3.63) is 58.2 Å². The predicted octanol–water partition coefficient (Wildman–Crippen LogP) is 4.83. The summed E-state index contributed by atoms with van der Waals surface area (Å²) in [6.45, 7) is 3.80. The summed E-state index contributed by atoms with van der Waals surface area (Å²) in [7, 11) is 0. The molecule has 120 valence electrons. The Morgan fingerprint density at radius 1 is 1.32 bits per heavy atom. The quantitative estimate of drug-likeness (QED) is 0.327. The van der Waals surface area contributed by atoms with Crippen molar-refractivity contribution in [3.63, 3.8) is 0 Å². The molecule has 0 aliphatic heterocycles. The van der Waals surface area contributed by atoms with Crippen LogP contribution in [0.4, 0.5) is 0 Å². The molecule has 0 fully saturated rings. The summed E-state index contributed by atoms with van der Waals surface area (Å²) in [6.07, 6.45) is 5.61. The number of hydrogen-bond donors (Lipinski definition) is 1. The average molecular weight is 433 g/mol. The monoisotopic (exact) mass is 432 g/mol. The molecule has 0 radical (unpaired) electrons. The van der Waals surface area contributed by atoms with Gasteiger partial charge in [0.1, 0.15) is 0 Å². The molecule has 1 aromatic carbocycles. The van der Waals surface area contributed by atoms with E-state index in [1.54, 1.807) is 6.08 Å². The van der Waals surface area contributed by atoms with Gasteiger partial charge in [0, 0.05) is 11.8 Å². The third kappa shape index (κ3) is 9.38. The van der Waals surface area contributed by atoms with E-state index < -0.39 is 6.10 Å². The van der Waals surface area contributed by atoms with Crippen molar-refractivity contribution in [2.45, 2.75) is 43.6 Å². The largest absolute Gasteiger partial charge is 0.389 e. The maximum absolute atomic E-state index is 11.7. The van der Waals surface area contributed by atoms with Gasteiger partial charge in [0.05, 0.1) is 6.10 Å². The van der Waals surface area contributed by atoms with Crippen LogP contribution in [0.15, 0.2) is 52.6 Å². The second-order valence-corrected chi connectivity index (χ2v) is 7.42. The molecule has 1 N–H and O–H groups in total. The van der Waals surface area contributed by atoms with E-state index in [0.717, 1.165) is 16.4 Å². The second kappa shape index (κ2) is 11.0. The van der Waals surface area contributed by atoms with Crippen LogP contribution in [0, 0.1) is 0 Å². The molecule has 2 nitrogen and oxygen atoms in total. The summed E-state index contributed by atoms with van der Waals surface area (Å²) in [4.78, 5) is 11.7. The van der Waals surface area contributed by atoms with E-state index >= 15 is 0 Å². The molecule has 0 aromatic heterocycles. The number of carbonyl (C=O) groups is 1. The Kier molecular flexibility index (Phi) is 9.68. The summed E-state index contributed by atoms with van der Waals surface area (Å²) < 4.78 is 0.997. The van der Waals surface area contributed by atoms with Crippen LogP contribution in [0.5, 0.6) is 0 Å². The van der Waals surface area contributed by atoms with Crippen LogP contribution >= 0.6 is 34.2 Å². The zero-order valence-corrected chi connectivity index (χ0v) is 15.5. The molecule has 0 spiro atoms. The molecule has 0 amide bonds. The Labute approximate surface area is 151 Å². The molecule has 0 saturated heterocycles. The fourth-order valence-electron chi connectivity index (χ4n) is 2.00. The minimum absolute atomic E-state index is 0.00322. The lowest BCUT2D eigenvalue weighted by molar-refractivity contribution is -0.114. The molecule has 22 heavy (non-hydrogen) atoms. The van der Waals surface area contributed by atoms with Crippen molar-refractivity contribution >= 4 is 40.0 Å². The van der Waals surface area contributed by atoms with Gasteiger partial charge >= 0.3 is 0 Å². The lowest BCUT2D eigenvalue weighted by Gasteiger charge is -2.07. The zero-order valence-electron chi connectivity index (χ0n) is 12.6. The van der Waals surface area contributed by atoms with E-state index in [-0.39, 0.29) is 11.2 Å². The molecule has 4 heteroatoms. The number of carbonyl (C=O) groups excluding carboxylic acids is 1. The number of halogens is 2. The van der Waals surface area contributed by atoms with Gasteiger partial charge in [0.2, 0.25) is 0 Å². The normalized spacial score (nSPS) is 14.0. The molecule has 0 heterocycles. The summed E-state index contributed by atoms with van der Waals surface area (Å²) >= 11 is 8.25. The molecule has 1 rings (SSSR count). The molecular weight excluding hydrogens is 411 g/mol. The van der Waals surface area contributed by atoms with Crippen LogP contribution in [0.3, 0.4) is 0 Å². The first-order chi connectivity index (χ1) is 10.5. The number of hydrogen-bond acceptors (Lipinski definition) is 2. The second-order valence-electron chi connectivity index (χ2n) is 5.27. The van der Waals surface area contributed by atoms with E-state index in [2.05, 4.69) is 29.2 Å². The Bertz CT molecular complexity index is 499. The summed E-state index contributed by atoms with van der Waals surface area (Å²) in [5.41, 5.74) is 1.19. The highest BCUT2D eigenvalue weighted by Gasteiger charge is 2.08. The lowest BCUT2D eigenvalue weighted by Crippen LogP contribution is -2.06. The van der Waals surface area contributed by atoms with Crippen LogP contribution in [0.25, 0.3) is 0 Å². The Hall–Kier alpha value is -0.650. The Morgan fingerprint density at radius 2 is 2.00 bits per heavy atom. The highest BCUT2D eigenvalue weighted by atomic mass is 127. The minimum Gasteiger partial charge on any atom is -0.389 e. The third-order valence-corrected chi connectivity index (χ3v) is 4.04. The van der Waals surface area contributed by atoms with Crippen LogP contribution < -0.4 is 0 Å². The van der Waals surface area contributed by atoms with Crippen LogP contribution in [-0.2, 0) is 11.2 Å². The Balaban J connectivity index is 2.25. The number of rotatable bonds is 10. The number of benzene rings is 1. The highest BCUT2D eigenvalue weighted by molar-refractivity contribution is 14.1. The van der Waals surface area contributed by atoms with E-state index in [0.29, 0.717) is 19.3 Å². The van der Waals surface area contributed by atoms with Crippen LogP contribution in [0.1, 0.15) is 31.2 Å². The maximum Gasteiger partial charge on any atom is 0.155 e. The maximum atomic E-state index is 11.7. The molecule has 1 unspecified atom stereocenters. The minimum atomic E-state index is -0.593. The van der Waals surface area contributed by atoms with E-state index in [4.69, 9.17) is 11.6 Å². The molecule has 0 aliphatic carbocycles. The number of aryl methyl sites for hydroxylation is 1. The first-order valence-corrected chi connectivity index (χ1v) is 8.89. The van der Waals surface area contributed by atoms with Crippen LogP contribution in [0.2, 0.25) is 0 Å². The average Bonchev–Trinajstić information content (AvgIpc) is 2.49. The zero-order chi connectivity index (χ0) is 16.4. The summed E-state index contributed by atoms with van der Waals surface area (Å²) in [5.74, 6) is 0.00322. The topological polar surface area (TPSA) is 37.3 Å². The highest BCUT2D eigenvalue weighted by Crippen LogP contribution is 2.19. The van der Waals surface area contributed by atoms with Gasteiger partial charge in [-0.3, -0.25) is 4.79 Å². The van der Waals surface area contributed by atoms with Gasteiger partial charge in [-0.25, -0.2) is 0 Å². The lowest BCUT2D eigenvalue weighted by atomic mass is 10.1. The Morgan fingerprint density at radius 3 is 2.64 bits per heavy atom. The van der Waals surface area contributed by atoms with E-state index in [9.17, 15) is 9.90 Å². The van der Waals surface area contributed by atoms with Gasteiger partial charge in [-0.2, -0.15) is 0 Å². The SMILES string of the molecule is C=C(I)C[C@H](Cl)CCC(=O)/C=C/C(O)CCc1ccccc1. The van der Waals surface area contributed by atoms with Crippen molar-refractivity contribution in [2.75, 3.05) is 0 Å². The first kappa shape index (κ1) is 19.4. The molecule has 1 aromatic rings. The van der Waals surface area contributed by atoms with Gasteiger partial charge in [-0.05, 0) is 63.5 Å². The van der Waals surface area contributed by atoms with E-state index in [1.807, 2.05) is 30.3 Å².